The molecule has 0 bridgehead atoms. The summed E-state index contributed by atoms with van der Waals surface area (Å²) in [5, 5.41) is 8.56. The van der Waals surface area contributed by atoms with E-state index in [0.29, 0.717) is 26.3 Å². The number of sulfonamides is 1. The van der Waals surface area contributed by atoms with E-state index in [0.717, 1.165) is 19.3 Å². The van der Waals surface area contributed by atoms with Crippen LogP contribution in [-0.2, 0) is 19.6 Å². The van der Waals surface area contributed by atoms with Gasteiger partial charge in [0, 0.05) is 26.3 Å². The van der Waals surface area contributed by atoms with Crippen LogP contribution >= 0.6 is 0 Å². The Morgan fingerprint density at radius 2 is 1.94 bits per heavy atom. The van der Waals surface area contributed by atoms with Gasteiger partial charge in [-0.3, -0.25) is 4.79 Å². The standard InChI is InChI=1S/C11H19NO5S/c13-10(14)1-8-18(15,16)12-5-2-11(9-12)3-6-17-7-4-11/h1-9H2,(H,13,14). The first kappa shape index (κ1) is 13.8. The molecule has 0 aliphatic carbocycles. The van der Waals surface area contributed by atoms with Crippen LogP contribution in [0.2, 0.25) is 0 Å². The van der Waals surface area contributed by atoms with Crippen molar-refractivity contribution in [1.29, 1.82) is 0 Å². The molecule has 18 heavy (non-hydrogen) atoms. The Bertz CT molecular complexity index is 413. The Balaban J connectivity index is 1.97. The van der Waals surface area contributed by atoms with E-state index in [9.17, 15) is 13.2 Å². The molecule has 0 aromatic carbocycles. The highest BCUT2D eigenvalue weighted by Crippen LogP contribution is 2.40. The summed E-state index contributed by atoms with van der Waals surface area (Å²) in [4.78, 5) is 10.5. The number of ether oxygens (including phenoxy) is 1. The van der Waals surface area contributed by atoms with Gasteiger partial charge < -0.3 is 9.84 Å². The van der Waals surface area contributed by atoms with Crippen LogP contribution in [0, 0.1) is 5.41 Å². The van der Waals surface area contributed by atoms with Gasteiger partial charge >= 0.3 is 5.97 Å². The summed E-state index contributed by atoms with van der Waals surface area (Å²) >= 11 is 0. The SMILES string of the molecule is O=C(O)CCS(=O)(=O)N1CCC2(CCOCC2)C1. The number of hydrogen-bond acceptors (Lipinski definition) is 4. The molecule has 2 heterocycles. The van der Waals surface area contributed by atoms with E-state index in [-0.39, 0.29) is 17.6 Å². The number of carbonyl (C=O) groups is 1. The summed E-state index contributed by atoms with van der Waals surface area (Å²) in [6.07, 6.45) is 2.34. The maximum absolute atomic E-state index is 12.0. The highest BCUT2D eigenvalue weighted by atomic mass is 32.2. The molecule has 1 spiro atoms. The second-order valence-electron chi connectivity index (χ2n) is 5.16. The maximum atomic E-state index is 12.0. The Kier molecular flexibility index (Phi) is 3.93. The van der Waals surface area contributed by atoms with E-state index < -0.39 is 16.0 Å². The molecule has 2 saturated heterocycles. The van der Waals surface area contributed by atoms with E-state index >= 15 is 0 Å². The molecule has 104 valence electrons. The molecule has 6 nitrogen and oxygen atoms in total. The van der Waals surface area contributed by atoms with Crippen LogP contribution in [0.1, 0.15) is 25.7 Å². The molecule has 0 unspecified atom stereocenters. The molecule has 0 saturated carbocycles. The van der Waals surface area contributed by atoms with Crippen molar-refractivity contribution in [3.8, 4) is 0 Å². The maximum Gasteiger partial charge on any atom is 0.304 e. The van der Waals surface area contributed by atoms with Crippen LogP contribution < -0.4 is 0 Å². The summed E-state index contributed by atoms with van der Waals surface area (Å²) in [5.41, 5.74) is 0.0640. The largest absolute Gasteiger partial charge is 0.481 e. The zero-order chi connectivity index (χ0) is 13.2. The summed E-state index contributed by atoms with van der Waals surface area (Å²) < 4.78 is 30.8. The highest BCUT2D eigenvalue weighted by Gasteiger charge is 2.43. The van der Waals surface area contributed by atoms with Gasteiger partial charge in [0.1, 0.15) is 0 Å². The summed E-state index contributed by atoms with van der Waals surface area (Å²) in [7, 11) is -3.42. The minimum absolute atomic E-state index is 0.0640. The lowest BCUT2D eigenvalue weighted by molar-refractivity contribution is -0.136. The van der Waals surface area contributed by atoms with Gasteiger partial charge in [0.15, 0.2) is 0 Å². The van der Waals surface area contributed by atoms with Crippen molar-refractivity contribution in [2.24, 2.45) is 5.41 Å². The Labute approximate surface area is 107 Å². The van der Waals surface area contributed by atoms with Gasteiger partial charge in [0.05, 0.1) is 12.2 Å². The quantitative estimate of drug-likeness (QED) is 0.798. The van der Waals surface area contributed by atoms with Crippen molar-refractivity contribution in [3.05, 3.63) is 0 Å². The minimum atomic E-state index is -3.42. The van der Waals surface area contributed by atoms with Gasteiger partial charge in [0.25, 0.3) is 0 Å². The summed E-state index contributed by atoms with van der Waals surface area (Å²) in [5.74, 6) is -1.37. The van der Waals surface area contributed by atoms with Crippen LogP contribution in [0.15, 0.2) is 0 Å². The Hall–Kier alpha value is -0.660. The molecule has 0 amide bonds. The third-order valence-electron chi connectivity index (χ3n) is 3.92. The molecule has 2 aliphatic rings. The van der Waals surface area contributed by atoms with E-state index in [1.54, 1.807) is 0 Å². The van der Waals surface area contributed by atoms with Crippen LogP contribution in [0.5, 0.6) is 0 Å². The second-order valence-corrected chi connectivity index (χ2v) is 7.24. The molecule has 7 heteroatoms. The smallest absolute Gasteiger partial charge is 0.304 e. The molecule has 2 fully saturated rings. The first-order valence-corrected chi connectivity index (χ1v) is 7.82. The van der Waals surface area contributed by atoms with Crippen LogP contribution in [0.3, 0.4) is 0 Å². The topological polar surface area (TPSA) is 83.9 Å². The average molecular weight is 277 g/mol. The number of aliphatic carboxylic acids is 1. The zero-order valence-electron chi connectivity index (χ0n) is 10.3. The number of carboxylic acids is 1. The van der Waals surface area contributed by atoms with Crippen molar-refractivity contribution in [3.63, 3.8) is 0 Å². The minimum Gasteiger partial charge on any atom is -0.481 e. The summed E-state index contributed by atoms with van der Waals surface area (Å²) in [6.45, 7) is 2.44. The van der Waals surface area contributed by atoms with Crippen LogP contribution in [-0.4, -0.2) is 55.9 Å². The predicted molar refractivity (Wildman–Crippen MR) is 64.7 cm³/mol. The molecule has 2 aliphatic heterocycles. The van der Waals surface area contributed by atoms with Crippen molar-refractivity contribution in [2.45, 2.75) is 25.7 Å². The molecular weight excluding hydrogens is 258 g/mol. The first-order valence-electron chi connectivity index (χ1n) is 6.21. The van der Waals surface area contributed by atoms with E-state index in [4.69, 9.17) is 9.84 Å². The second kappa shape index (κ2) is 5.14. The van der Waals surface area contributed by atoms with Crippen LogP contribution in [0.4, 0.5) is 0 Å². The van der Waals surface area contributed by atoms with E-state index in [1.165, 1.54) is 4.31 Å². The normalized spacial score (nSPS) is 24.4. The number of rotatable bonds is 4. The molecule has 0 aromatic rings. The molecule has 0 aromatic heterocycles. The number of hydrogen-bond donors (Lipinski definition) is 1. The third-order valence-corrected chi connectivity index (χ3v) is 5.74. The van der Waals surface area contributed by atoms with E-state index in [2.05, 4.69) is 0 Å². The molecule has 1 N–H and O–H groups in total. The lowest BCUT2D eigenvalue weighted by atomic mass is 9.80. The van der Waals surface area contributed by atoms with Crippen molar-refractivity contribution < 1.29 is 23.1 Å². The fourth-order valence-electron chi connectivity index (χ4n) is 2.69. The van der Waals surface area contributed by atoms with Gasteiger partial charge in [0.2, 0.25) is 10.0 Å². The Morgan fingerprint density at radius 1 is 1.28 bits per heavy atom. The predicted octanol–water partition coefficient (Wildman–Crippen LogP) is 0.293. The fraction of sp³-hybridized carbons (Fsp3) is 0.909. The van der Waals surface area contributed by atoms with E-state index in [1.807, 2.05) is 0 Å². The van der Waals surface area contributed by atoms with Crippen molar-refractivity contribution in [2.75, 3.05) is 32.1 Å². The van der Waals surface area contributed by atoms with Gasteiger partial charge in [-0.1, -0.05) is 0 Å². The third kappa shape index (κ3) is 3.02. The van der Waals surface area contributed by atoms with Crippen LogP contribution in [0.25, 0.3) is 0 Å². The number of nitrogens with zero attached hydrogens (tertiary/aromatic N) is 1. The average Bonchev–Trinajstić information content (AvgIpc) is 2.72. The molecule has 2 rings (SSSR count). The zero-order valence-corrected chi connectivity index (χ0v) is 11.1. The molecular formula is C11H19NO5S. The summed E-state index contributed by atoms with van der Waals surface area (Å²) in [6, 6.07) is 0. The van der Waals surface area contributed by atoms with Crippen molar-refractivity contribution in [1.82, 2.24) is 4.31 Å². The van der Waals surface area contributed by atoms with Crippen molar-refractivity contribution >= 4 is 16.0 Å². The van der Waals surface area contributed by atoms with Gasteiger partial charge in [-0.2, -0.15) is 0 Å². The van der Waals surface area contributed by atoms with Gasteiger partial charge in [-0.15, -0.1) is 0 Å². The highest BCUT2D eigenvalue weighted by molar-refractivity contribution is 7.89. The Morgan fingerprint density at radius 3 is 2.56 bits per heavy atom. The molecule has 0 atom stereocenters. The monoisotopic (exact) mass is 277 g/mol. The fourth-order valence-corrected chi connectivity index (χ4v) is 4.22. The lowest BCUT2D eigenvalue weighted by Gasteiger charge is -2.33. The number of carboxylic acid groups (broad SMARTS) is 1. The van der Waals surface area contributed by atoms with Gasteiger partial charge in [-0.25, -0.2) is 12.7 Å². The lowest BCUT2D eigenvalue weighted by Crippen LogP contribution is -2.36. The first-order chi connectivity index (χ1) is 8.44. The molecule has 0 radical (unpaired) electrons. The van der Waals surface area contributed by atoms with Gasteiger partial charge in [-0.05, 0) is 24.7 Å².